The first-order valence-corrected chi connectivity index (χ1v) is 5.85. The lowest BCUT2D eigenvalue weighted by Crippen LogP contribution is -2.10. The van der Waals surface area contributed by atoms with Crippen molar-refractivity contribution in [3.05, 3.63) is 34.9 Å². The van der Waals surface area contributed by atoms with E-state index >= 15 is 0 Å². The average Bonchev–Trinajstić information content (AvgIpc) is 2.74. The summed E-state index contributed by atoms with van der Waals surface area (Å²) in [7, 11) is 0. The molecule has 1 saturated heterocycles. The zero-order chi connectivity index (χ0) is 11.5. The van der Waals surface area contributed by atoms with Crippen molar-refractivity contribution < 1.29 is 9.53 Å². The van der Waals surface area contributed by atoms with Crippen LogP contribution >= 0.6 is 0 Å². The van der Waals surface area contributed by atoms with Crippen LogP contribution < -0.4 is 0 Å². The van der Waals surface area contributed by atoms with Crippen molar-refractivity contribution in [1.82, 2.24) is 0 Å². The molecule has 0 bridgehead atoms. The lowest BCUT2D eigenvalue weighted by molar-refractivity contribution is 0.0952. The number of hydrogen-bond donors (Lipinski definition) is 0. The molecular weight excluding hydrogens is 200 g/mol. The lowest BCUT2D eigenvalue weighted by atomic mass is 9.94. The first-order valence-electron chi connectivity index (χ1n) is 5.85. The second kappa shape index (κ2) is 4.79. The average molecular weight is 218 g/mol. The second-order valence-electron chi connectivity index (χ2n) is 4.68. The van der Waals surface area contributed by atoms with Gasteiger partial charge in [0.25, 0.3) is 0 Å². The van der Waals surface area contributed by atoms with Crippen molar-refractivity contribution in [1.29, 1.82) is 0 Å². The predicted octanol–water partition coefficient (Wildman–Crippen LogP) is 2.91. The van der Waals surface area contributed by atoms with Gasteiger partial charge in [-0.1, -0.05) is 17.7 Å². The Morgan fingerprint density at radius 3 is 2.94 bits per heavy atom. The van der Waals surface area contributed by atoms with Gasteiger partial charge in [0, 0.05) is 25.2 Å². The third-order valence-corrected chi connectivity index (χ3v) is 3.19. The van der Waals surface area contributed by atoms with E-state index in [0.29, 0.717) is 12.3 Å². The molecule has 0 aliphatic carbocycles. The summed E-state index contributed by atoms with van der Waals surface area (Å²) >= 11 is 0. The fourth-order valence-electron chi connectivity index (χ4n) is 2.15. The number of benzene rings is 1. The summed E-state index contributed by atoms with van der Waals surface area (Å²) < 4.78 is 5.30. The Morgan fingerprint density at radius 1 is 1.44 bits per heavy atom. The van der Waals surface area contributed by atoms with Crippen molar-refractivity contribution in [2.75, 3.05) is 13.2 Å². The molecule has 1 unspecified atom stereocenters. The standard InChI is InChI=1S/C14H18O2/c1-10-3-4-11(2)13(7-10)14(15)8-12-5-6-16-9-12/h3-4,7,12H,5-6,8-9H2,1-2H3. The SMILES string of the molecule is Cc1ccc(C)c(C(=O)CC2CCOC2)c1. The molecule has 1 aliphatic rings. The lowest BCUT2D eigenvalue weighted by Gasteiger charge is -2.09. The van der Waals surface area contributed by atoms with Crippen LogP contribution in [0.1, 0.15) is 34.3 Å². The molecule has 2 heteroatoms. The fraction of sp³-hybridized carbons (Fsp3) is 0.500. The van der Waals surface area contributed by atoms with Gasteiger partial charge in [0.2, 0.25) is 0 Å². The van der Waals surface area contributed by atoms with E-state index in [9.17, 15) is 4.79 Å². The molecule has 0 N–H and O–H groups in total. The molecule has 0 spiro atoms. The summed E-state index contributed by atoms with van der Waals surface area (Å²) in [5, 5.41) is 0. The fourth-order valence-corrected chi connectivity index (χ4v) is 2.15. The number of aryl methyl sites for hydroxylation is 2. The molecule has 0 aromatic heterocycles. The van der Waals surface area contributed by atoms with Gasteiger partial charge in [0.15, 0.2) is 5.78 Å². The number of carbonyl (C=O) groups excluding carboxylic acids is 1. The van der Waals surface area contributed by atoms with E-state index in [2.05, 4.69) is 0 Å². The third kappa shape index (κ3) is 2.50. The minimum Gasteiger partial charge on any atom is -0.381 e. The largest absolute Gasteiger partial charge is 0.381 e. The Morgan fingerprint density at radius 2 is 2.25 bits per heavy atom. The Hall–Kier alpha value is -1.15. The number of ketones is 1. The molecule has 1 atom stereocenters. The van der Waals surface area contributed by atoms with E-state index in [-0.39, 0.29) is 5.78 Å². The van der Waals surface area contributed by atoms with Crippen molar-refractivity contribution >= 4 is 5.78 Å². The maximum Gasteiger partial charge on any atom is 0.163 e. The molecule has 0 radical (unpaired) electrons. The Balaban J connectivity index is 2.10. The van der Waals surface area contributed by atoms with E-state index in [0.717, 1.165) is 36.3 Å². The van der Waals surface area contributed by atoms with Gasteiger partial charge in [0.05, 0.1) is 0 Å². The van der Waals surface area contributed by atoms with Gasteiger partial charge < -0.3 is 4.74 Å². The van der Waals surface area contributed by atoms with Crippen LogP contribution in [-0.4, -0.2) is 19.0 Å². The van der Waals surface area contributed by atoms with Crippen LogP contribution in [0.15, 0.2) is 18.2 Å². The van der Waals surface area contributed by atoms with Gasteiger partial charge in [0.1, 0.15) is 0 Å². The second-order valence-corrected chi connectivity index (χ2v) is 4.68. The predicted molar refractivity (Wildman–Crippen MR) is 63.8 cm³/mol. The zero-order valence-corrected chi connectivity index (χ0v) is 9.95. The number of rotatable bonds is 3. The molecule has 2 nitrogen and oxygen atoms in total. The first kappa shape index (κ1) is 11.3. The van der Waals surface area contributed by atoms with Crippen molar-refractivity contribution in [3.8, 4) is 0 Å². The summed E-state index contributed by atoms with van der Waals surface area (Å²) in [6.45, 7) is 5.58. The number of ether oxygens (including phenoxy) is 1. The summed E-state index contributed by atoms with van der Waals surface area (Å²) in [6.07, 6.45) is 1.65. The minimum absolute atomic E-state index is 0.261. The molecule has 16 heavy (non-hydrogen) atoms. The van der Waals surface area contributed by atoms with Gasteiger partial charge in [-0.3, -0.25) is 4.79 Å². The molecule has 1 aliphatic heterocycles. The molecular formula is C14H18O2. The number of Topliss-reactive ketones (excluding diaryl/α,β-unsaturated/α-hetero) is 1. The Labute approximate surface area is 96.6 Å². The molecule has 1 aromatic rings. The molecule has 86 valence electrons. The van der Waals surface area contributed by atoms with Gasteiger partial charge in [-0.25, -0.2) is 0 Å². The minimum atomic E-state index is 0.261. The topological polar surface area (TPSA) is 26.3 Å². The zero-order valence-electron chi connectivity index (χ0n) is 9.95. The maximum absolute atomic E-state index is 12.1. The van der Waals surface area contributed by atoms with Crippen LogP contribution in [0.4, 0.5) is 0 Å². The Kier molecular flexibility index (Phi) is 3.39. The third-order valence-electron chi connectivity index (χ3n) is 3.19. The summed E-state index contributed by atoms with van der Waals surface area (Å²) in [6, 6.07) is 6.06. The summed E-state index contributed by atoms with van der Waals surface area (Å²) in [5.41, 5.74) is 3.11. The highest BCUT2D eigenvalue weighted by Crippen LogP contribution is 2.21. The number of hydrogen-bond acceptors (Lipinski definition) is 2. The van der Waals surface area contributed by atoms with Gasteiger partial charge in [-0.05, 0) is 37.8 Å². The highest BCUT2D eigenvalue weighted by atomic mass is 16.5. The highest BCUT2D eigenvalue weighted by Gasteiger charge is 2.20. The van der Waals surface area contributed by atoms with E-state index in [1.54, 1.807) is 0 Å². The normalized spacial score (nSPS) is 20.0. The highest BCUT2D eigenvalue weighted by molar-refractivity contribution is 5.97. The van der Waals surface area contributed by atoms with Crippen LogP contribution in [0.25, 0.3) is 0 Å². The van der Waals surface area contributed by atoms with E-state index in [1.165, 1.54) is 0 Å². The first-order chi connectivity index (χ1) is 7.66. The van der Waals surface area contributed by atoms with Crippen molar-refractivity contribution in [2.24, 2.45) is 5.92 Å². The van der Waals surface area contributed by atoms with E-state index < -0.39 is 0 Å². The van der Waals surface area contributed by atoms with Crippen LogP contribution in [0.5, 0.6) is 0 Å². The van der Waals surface area contributed by atoms with Crippen molar-refractivity contribution in [2.45, 2.75) is 26.7 Å². The Bertz CT molecular complexity index is 390. The molecule has 1 fully saturated rings. The molecule has 1 heterocycles. The molecule has 2 rings (SSSR count). The van der Waals surface area contributed by atoms with Crippen LogP contribution in [0, 0.1) is 19.8 Å². The molecule has 0 amide bonds. The van der Waals surface area contributed by atoms with Gasteiger partial charge in [-0.2, -0.15) is 0 Å². The number of carbonyl (C=O) groups is 1. The van der Waals surface area contributed by atoms with Gasteiger partial charge >= 0.3 is 0 Å². The monoisotopic (exact) mass is 218 g/mol. The van der Waals surface area contributed by atoms with Gasteiger partial charge in [-0.15, -0.1) is 0 Å². The van der Waals surface area contributed by atoms with E-state index in [4.69, 9.17) is 4.74 Å². The molecule has 0 saturated carbocycles. The maximum atomic E-state index is 12.1. The van der Waals surface area contributed by atoms with Crippen molar-refractivity contribution in [3.63, 3.8) is 0 Å². The summed E-state index contributed by atoms with van der Waals surface area (Å²) in [4.78, 5) is 12.1. The van der Waals surface area contributed by atoms with Crippen LogP contribution in [-0.2, 0) is 4.74 Å². The van der Waals surface area contributed by atoms with Crippen LogP contribution in [0.2, 0.25) is 0 Å². The van der Waals surface area contributed by atoms with Crippen LogP contribution in [0.3, 0.4) is 0 Å². The summed E-state index contributed by atoms with van der Waals surface area (Å²) in [5.74, 6) is 0.684. The smallest absolute Gasteiger partial charge is 0.163 e. The molecule has 1 aromatic carbocycles. The van der Waals surface area contributed by atoms with E-state index in [1.807, 2.05) is 32.0 Å². The quantitative estimate of drug-likeness (QED) is 0.729.